The average Bonchev–Trinajstić information content (AvgIpc) is 2.37. The topological polar surface area (TPSA) is 104 Å². The molecule has 0 spiro atoms. The number of hydrogen-bond donors (Lipinski definition) is 1. The predicted octanol–water partition coefficient (Wildman–Crippen LogP) is 1.20. The second-order valence-corrected chi connectivity index (χ2v) is 6.55. The van der Waals surface area contributed by atoms with E-state index in [4.69, 9.17) is 15.1 Å². The van der Waals surface area contributed by atoms with Crippen molar-refractivity contribution in [3.8, 4) is 11.8 Å². The highest BCUT2D eigenvalue weighted by Gasteiger charge is 2.21. The number of sulfone groups is 1. The van der Waals surface area contributed by atoms with Crippen LogP contribution in [0.3, 0.4) is 0 Å². The quantitative estimate of drug-likeness (QED) is 0.846. The molecule has 1 rings (SSSR count). The fourth-order valence-electron chi connectivity index (χ4n) is 1.68. The largest absolute Gasteiger partial charge is 0.495 e. The third kappa shape index (κ3) is 4.24. The summed E-state index contributed by atoms with van der Waals surface area (Å²) >= 11 is 0. The molecular weight excluding hydrogens is 282 g/mol. The minimum atomic E-state index is -3.54. The van der Waals surface area contributed by atoms with Gasteiger partial charge in [-0.25, -0.2) is 8.42 Å². The normalized spacial score (nSPS) is 12.4. The minimum Gasteiger partial charge on any atom is -0.495 e. The molecule has 0 saturated heterocycles. The third-order valence-electron chi connectivity index (χ3n) is 2.70. The molecule has 0 amide bonds. The van der Waals surface area contributed by atoms with Crippen molar-refractivity contribution in [1.29, 1.82) is 5.26 Å². The molecule has 1 atom stereocenters. The zero-order valence-electron chi connectivity index (χ0n) is 11.2. The Hall–Kier alpha value is -2.07. The van der Waals surface area contributed by atoms with Gasteiger partial charge < -0.3 is 9.84 Å². The maximum atomic E-state index is 11.9. The van der Waals surface area contributed by atoms with Crippen molar-refractivity contribution in [2.24, 2.45) is 5.92 Å². The van der Waals surface area contributed by atoms with Gasteiger partial charge in [0.25, 0.3) is 0 Å². The molecule has 108 valence electrons. The van der Waals surface area contributed by atoms with Gasteiger partial charge in [0.1, 0.15) is 11.8 Å². The maximum Gasteiger partial charge on any atom is 0.307 e. The highest BCUT2D eigenvalue weighted by atomic mass is 32.2. The number of benzene rings is 1. The lowest BCUT2D eigenvalue weighted by Crippen LogP contribution is -2.22. The van der Waals surface area contributed by atoms with E-state index >= 15 is 0 Å². The average molecular weight is 297 g/mol. The number of ether oxygens (including phenoxy) is 1. The molecule has 0 heterocycles. The van der Waals surface area contributed by atoms with Gasteiger partial charge in [0.05, 0.1) is 30.1 Å². The second kappa shape index (κ2) is 6.39. The fraction of sp³-hybridized carbons (Fsp3) is 0.385. The molecule has 0 fully saturated rings. The number of carboxylic acids is 1. The molecule has 20 heavy (non-hydrogen) atoms. The first-order chi connectivity index (χ1) is 9.29. The number of methoxy groups -OCH3 is 1. The summed E-state index contributed by atoms with van der Waals surface area (Å²) < 4.78 is 28.8. The van der Waals surface area contributed by atoms with Gasteiger partial charge in [0.15, 0.2) is 9.84 Å². The van der Waals surface area contributed by atoms with Crippen molar-refractivity contribution in [2.45, 2.75) is 12.7 Å². The molecule has 0 saturated carbocycles. The number of nitrogens with zero attached hydrogens (tertiary/aromatic N) is 1. The first-order valence-corrected chi connectivity index (χ1v) is 7.61. The van der Waals surface area contributed by atoms with Crippen LogP contribution in [0.1, 0.15) is 18.1 Å². The van der Waals surface area contributed by atoms with Crippen molar-refractivity contribution in [1.82, 2.24) is 0 Å². The Balaban J connectivity index is 2.93. The Morgan fingerprint density at radius 2 is 2.15 bits per heavy atom. The molecule has 1 aromatic rings. The van der Waals surface area contributed by atoms with Crippen molar-refractivity contribution in [2.75, 3.05) is 12.9 Å². The second-order valence-electron chi connectivity index (χ2n) is 4.44. The van der Waals surface area contributed by atoms with Gasteiger partial charge in [-0.2, -0.15) is 5.26 Å². The Morgan fingerprint density at radius 3 is 2.65 bits per heavy atom. The molecule has 1 N–H and O–H groups in total. The zero-order valence-corrected chi connectivity index (χ0v) is 12.0. The number of aliphatic carboxylic acids is 1. The molecule has 0 bridgehead atoms. The van der Waals surface area contributed by atoms with Crippen LogP contribution in [0.15, 0.2) is 18.2 Å². The van der Waals surface area contributed by atoms with E-state index in [2.05, 4.69) is 0 Å². The van der Waals surface area contributed by atoms with Crippen LogP contribution in [0, 0.1) is 17.2 Å². The summed E-state index contributed by atoms with van der Waals surface area (Å²) in [6, 6.07) is 6.40. The predicted molar refractivity (Wildman–Crippen MR) is 72.0 cm³/mol. The van der Waals surface area contributed by atoms with Gasteiger partial charge in [-0.05, 0) is 17.7 Å². The van der Waals surface area contributed by atoms with Crippen molar-refractivity contribution < 1.29 is 23.1 Å². The van der Waals surface area contributed by atoms with Crippen LogP contribution >= 0.6 is 0 Å². The first-order valence-electron chi connectivity index (χ1n) is 5.79. The Kier molecular flexibility index (Phi) is 5.11. The standard InChI is InChI=1S/C13H15NO5S/c1-9(13(15)16)7-20(17,18)8-10-3-4-11(6-14)12(5-10)19-2/h3-5,9H,7-8H2,1-2H3,(H,15,16). The highest BCUT2D eigenvalue weighted by Crippen LogP contribution is 2.21. The molecule has 0 aliphatic heterocycles. The molecule has 1 aromatic carbocycles. The van der Waals surface area contributed by atoms with E-state index in [1.54, 1.807) is 0 Å². The van der Waals surface area contributed by atoms with E-state index in [0.717, 1.165) is 0 Å². The van der Waals surface area contributed by atoms with Gasteiger partial charge in [-0.1, -0.05) is 13.0 Å². The van der Waals surface area contributed by atoms with E-state index in [1.807, 2.05) is 6.07 Å². The van der Waals surface area contributed by atoms with E-state index in [9.17, 15) is 13.2 Å². The van der Waals surface area contributed by atoms with Gasteiger partial charge >= 0.3 is 5.97 Å². The zero-order chi connectivity index (χ0) is 15.3. The third-order valence-corrected chi connectivity index (χ3v) is 4.48. The summed E-state index contributed by atoms with van der Waals surface area (Å²) in [5.41, 5.74) is 0.769. The summed E-state index contributed by atoms with van der Waals surface area (Å²) in [6.07, 6.45) is 0. The van der Waals surface area contributed by atoms with Gasteiger partial charge in [0, 0.05) is 0 Å². The van der Waals surface area contributed by atoms with Crippen molar-refractivity contribution in [3.05, 3.63) is 29.3 Å². The molecular formula is C13H15NO5S. The number of carbonyl (C=O) groups is 1. The lowest BCUT2D eigenvalue weighted by molar-refractivity contribution is -0.140. The Bertz CT molecular complexity index is 645. The lowest BCUT2D eigenvalue weighted by atomic mass is 10.1. The van der Waals surface area contributed by atoms with Crippen LogP contribution in [0.25, 0.3) is 0 Å². The number of nitriles is 1. The van der Waals surface area contributed by atoms with E-state index in [-0.39, 0.29) is 5.75 Å². The molecule has 7 heteroatoms. The summed E-state index contributed by atoms with van der Waals surface area (Å²) in [5, 5.41) is 17.6. The Labute approximate surface area is 117 Å². The number of carboxylic acid groups (broad SMARTS) is 1. The molecule has 1 unspecified atom stereocenters. The van der Waals surface area contributed by atoms with E-state index in [1.165, 1.54) is 32.2 Å². The van der Waals surface area contributed by atoms with E-state index < -0.39 is 27.5 Å². The highest BCUT2D eigenvalue weighted by molar-refractivity contribution is 7.90. The maximum absolute atomic E-state index is 11.9. The minimum absolute atomic E-state index is 0.285. The molecule has 6 nitrogen and oxygen atoms in total. The van der Waals surface area contributed by atoms with Crippen LogP contribution in [0.5, 0.6) is 5.75 Å². The molecule has 0 radical (unpaired) electrons. The van der Waals surface area contributed by atoms with Crippen LogP contribution in [-0.4, -0.2) is 32.4 Å². The summed E-state index contributed by atoms with van der Waals surface area (Å²) in [5.74, 6) is -2.52. The number of rotatable bonds is 6. The van der Waals surface area contributed by atoms with E-state index in [0.29, 0.717) is 16.9 Å². The molecule has 0 aromatic heterocycles. The first kappa shape index (κ1) is 16.0. The smallest absolute Gasteiger partial charge is 0.307 e. The monoisotopic (exact) mass is 297 g/mol. The summed E-state index contributed by atoms with van der Waals surface area (Å²) in [7, 11) is -2.15. The van der Waals surface area contributed by atoms with Crippen molar-refractivity contribution in [3.63, 3.8) is 0 Å². The van der Waals surface area contributed by atoms with Gasteiger partial charge in [-0.15, -0.1) is 0 Å². The number of hydrogen-bond acceptors (Lipinski definition) is 5. The van der Waals surface area contributed by atoms with Gasteiger partial charge in [-0.3, -0.25) is 4.79 Å². The Morgan fingerprint density at radius 1 is 1.50 bits per heavy atom. The lowest BCUT2D eigenvalue weighted by Gasteiger charge is -2.09. The van der Waals surface area contributed by atoms with Crippen LogP contribution < -0.4 is 4.74 Å². The van der Waals surface area contributed by atoms with Crippen LogP contribution in [-0.2, 0) is 20.4 Å². The molecule has 0 aliphatic rings. The molecule has 0 aliphatic carbocycles. The van der Waals surface area contributed by atoms with Gasteiger partial charge in [0.2, 0.25) is 0 Å². The fourth-order valence-corrected chi connectivity index (χ4v) is 3.39. The van der Waals surface area contributed by atoms with Crippen molar-refractivity contribution >= 4 is 15.8 Å². The summed E-state index contributed by atoms with van der Waals surface area (Å²) in [6.45, 7) is 1.35. The van der Waals surface area contributed by atoms with Crippen LogP contribution in [0.2, 0.25) is 0 Å². The summed E-state index contributed by atoms with van der Waals surface area (Å²) in [4.78, 5) is 10.7. The SMILES string of the molecule is COc1cc(CS(=O)(=O)CC(C)C(=O)O)ccc1C#N. The van der Waals surface area contributed by atoms with Crippen LogP contribution in [0.4, 0.5) is 0 Å².